The average Bonchev–Trinajstić information content (AvgIpc) is 2.84. The molecule has 0 aliphatic rings. The molecule has 1 heterocycles. The van der Waals surface area contributed by atoms with Crippen LogP contribution in [0, 0.1) is 6.92 Å². The van der Waals surface area contributed by atoms with Crippen molar-refractivity contribution in [2.24, 2.45) is 0 Å². The standard InChI is InChI=1S/C17H24N2/c1-4-11-19-12-7-9-16(19)13-18-15(3)17-10-6-5-8-14(17)2/h5-10,12,15,18H,4,11,13H2,1-3H3. The number of nitrogens with one attached hydrogen (secondary N) is 1. The van der Waals surface area contributed by atoms with Crippen molar-refractivity contribution in [1.29, 1.82) is 0 Å². The van der Waals surface area contributed by atoms with Crippen LogP contribution in [0.25, 0.3) is 0 Å². The minimum Gasteiger partial charge on any atom is -0.350 e. The smallest absolute Gasteiger partial charge is 0.0364 e. The maximum absolute atomic E-state index is 3.62. The van der Waals surface area contributed by atoms with Crippen molar-refractivity contribution in [2.75, 3.05) is 0 Å². The van der Waals surface area contributed by atoms with E-state index >= 15 is 0 Å². The van der Waals surface area contributed by atoms with Crippen molar-refractivity contribution < 1.29 is 0 Å². The van der Waals surface area contributed by atoms with Gasteiger partial charge >= 0.3 is 0 Å². The molecular weight excluding hydrogens is 232 g/mol. The van der Waals surface area contributed by atoms with E-state index in [1.807, 2.05) is 0 Å². The third-order valence-electron chi connectivity index (χ3n) is 3.63. The fourth-order valence-corrected chi connectivity index (χ4v) is 2.51. The molecule has 1 aromatic heterocycles. The Morgan fingerprint density at radius 3 is 2.68 bits per heavy atom. The van der Waals surface area contributed by atoms with Crippen LogP contribution in [0.3, 0.4) is 0 Å². The zero-order valence-electron chi connectivity index (χ0n) is 12.2. The molecule has 1 unspecified atom stereocenters. The molecule has 0 amide bonds. The lowest BCUT2D eigenvalue weighted by atomic mass is 10.0. The van der Waals surface area contributed by atoms with Gasteiger partial charge in [0.15, 0.2) is 0 Å². The Kier molecular flexibility index (Phi) is 4.80. The summed E-state index contributed by atoms with van der Waals surface area (Å²) in [4.78, 5) is 0. The van der Waals surface area contributed by atoms with Gasteiger partial charge in [-0.25, -0.2) is 0 Å². The SMILES string of the molecule is CCCn1cccc1CNC(C)c1ccccc1C. The summed E-state index contributed by atoms with van der Waals surface area (Å²) in [5.41, 5.74) is 4.10. The van der Waals surface area contributed by atoms with Crippen LogP contribution in [0.15, 0.2) is 42.6 Å². The van der Waals surface area contributed by atoms with Gasteiger partial charge < -0.3 is 9.88 Å². The first kappa shape index (κ1) is 13.9. The summed E-state index contributed by atoms with van der Waals surface area (Å²) in [5.74, 6) is 0. The van der Waals surface area contributed by atoms with Gasteiger partial charge in [-0.3, -0.25) is 0 Å². The van der Waals surface area contributed by atoms with E-state index in [9.17, 15) is 0 Å². The maximum atomic E-state index is 3.62. The largest absolute Gasteiger partial charge is 0.350 e. The van der Waals surface area contributed by atoms with E-state index in [1.165, 1.54) is 23.2 Å². The molecule has 0 saturated heterocycles. The van der Waals surface area contributed by atoms with Gasteiger partial charge in [0.25, 0.3) is 0 Å². The Morgan fingerprint density at radius 1 is 1.16 bits per heavy atom. The van der Waals surface area contributed by atoms with E-state index in [1.54, 1.807) is 0 Å². The van der Waals surface area contributed by atoms with E-state index in [2.05, 4.69) is 73.3 Å². The number of nitrogens with zero attached hydrogens (tertiary/aromatic N) is 1. The average molecular weight is 256 g/mol. The van der Waals surface area contributed by atoms with Crippen LogP contribution in [0.2, 0.25) is 0 Å². The number of hydrogen-bond acceptors (Lipinski definition) is 1. The first-order valence-corrected chi connectivity index (χ1v) is 7.15. The summed E-state index contributed by atoms with van der Waals surface area (Å²) in [6.45, 7) is 8.64. The van der Waals surface area contributed by atoms with Crippen LogP contribution in [-0.2, 0) is 13.1 Å². The van der Waals surface area contributed by atoms with Crippen molar-refractivity contribution in [3.63, 3.8) is 0 Å². The van der Waals surface area contributed by atoms with Crippen molar-refractivity contribution in [2.45, 2.75) is 46.3 Å². The van der Waals surface area contributed by atoms with Crippen molar-refractivity contribution in [3.8, 4) is 0 Å². The van der Waals surface area contributed by atoms with E-state index in [0.29, 0.717) is 6.04 Å². The minimum absolute atomic E-state index is 0.381. The molecule has 19 heavy (non-hydrogen) atoms. The molecule has 1 N–H and O–H groups in total. The number of aromatic nitrogens is 1. The topological polar surface area (TPSA) is 17.0 Å². The van der Waals surface area contributed by atoms with Crippen molar-refractivity contribution in [1.82, 2.24) is 9.88 Å². The monoisotopic (exact) mass is 256 g/mol. The second kappa shape index (κ2) is 6.58. The van der Waals surface area contributed by atoms with Gasteiger partial charge in [0, 0.05) is 31.0 Å². The third-order valence-corrected chi connectivity index (χ3v) is 3.63. The van der Waals surface area contributed by atoms with Crippen LogP contribution in [0.1, 0.15) is 43.1 Å². The maximum Gasteiger partial charge on any atom is 0.0364 e. The Hall–Kier alpha value is -1.54. The lowest BCUT2D eigenvalue weighted by molar-refractivity contribution is 0.540. The van der Waals surface area contributed by atoms with Crippen molar-refractivity contribution >= 4 is 0 Å². The van der Waals surface area contributed by atoms with Crippen LogP contribution in [0.5, 0.6) is 0 Å². The van der Waals surface area contributed by atoms with Crippen LogP contribution < -0.4 is 5.32 Å². The summed E-state index contributed by atoms with van der Waals surface area (Å²) in [6, 6.07) is 13.3. The van der Waals surface area contributed by atoms with E-state index in [0.717, 1.165) is 13.1 Å². The molecule has 0 saturated carbocycles. The zero-order chi connectivity index (χ0) is 13.7. The number of benzene rings is 1. The molecule has 2 heteroatoms. The van der Waals surface area contributed by atoms with E-state index in [-0.39, 0.29) is 0 Å². The molecule has 0 bridgehead atoms. The fourth-order valence-electron chi connectivity index (χ4n) is 2.51. The Labute approximate surface area is 116 Å². The Morgan fingerprint density at radius 2 is 1.95 bits per heavy atom. The van der Waals surface area contributed by atoms with Gasteiger partial charge in [-0.15, -0.1) is 0 Å². The third kappa shape index (κ3) is 3.48. The Bertz CT molecular complexity index is 513. The van der Waals surface area contributed by atoms with Gasteiger partial charge in [-0.1, -0.05) is 31.2 Å². The predicted octanol–water partition coefficient (Wildman–Crippen LogP) is 4.06. The van der Waals surface area contributed by atoms with Crippen LogP contribution in [0.4, 0.5) is 0 Å². The second-order valence-corrected chi connectivity index (χ2v) is 5.15. The molecule has 2 nitrogen and oxygen atoms in total. The summed E-state index contributed by atoms with van der Waals surface area (Å²) < 4.78 is 2.33. The highest BCUT2D eigenvalue weighted by molar-refractivity contribution is 5.28. The van der Waals surface area contributed by atoms with Gasteiger partial charge in [-0.05, 0) is 43.5 Å². The molecule has 102 valence electrons. The summed E-state index contributed by atoms with van der Waals surface area (Å²) in [6.07, 6.45) is 3.34. The number of hydrogen-bond donors (Lipinski definition) is 1. The second-order valence-electron chi connectivity index (χ2n) is 5.15. The van der Waals surface area contributed by atoms with Gasteiger partial charge in [-0.2, -0.15) is 0 Å². The molecule has 2 aromatic rings. The molecule has 0 radical (unpaired) electrons. The van der Waals surface area contributed by atoms with Gasteiger partial charge in [0.05, 0.1) is 0 Å². The van der Waals surface area contributed by atoms with Crippen molar-refractivity contribution in [3.05, 3.63) is 59.4 Å². The van der Waals surface area contributed by atoms with Gasteiger partial charge in [0.1, 0.15) is 0 Å². The highest BCUT2D eigenvalue weighted by Gasteiger charge is 2.08. The fraction of sp³-hybridized carbons (Fsp3) is 0.412. The first-order valence-electron chi connectivity index (χ1n) is 7.15. The highest BCUT2D eigenvalue weighted by Crippen LogP contribution is 2.17. The Balaban J connectivity index is 1.98. The molecule has 0 fully saturated rings. The van der Waals surface area contributed by atoms with E-state index in [4.69, 9.17) is 0 Å². The molecule has 1 atom stereocenters. The minimum atomic E-state index is 0.381. The lowest BCUT2D eigenvalue weighted by Crippen LogP contribution is -2.20. The molecule has 0 spiro atoms. The normalized spacial score (nSPS) is 12.6. The van der Waals surface area contributed by atoms with Crippen LogP contribution in [-0.4, -0.2) is 4.57 Å². The highest BCUT2D eigenvalue weighted by atomic mass is 15.0. The number of rotatable bonds is 6. The summed E-state index contributed by atoms with van der Waals surface area (Å²) in [5, 5.41) is 3.62. The molecular formula is C17H24N2. The first-order chi connectivity index (χ1) is 9.22. The summed E-state index contributed by atoms with van der Waals surface area (Å²) >= 11 is 0. The van der Waals surface area contributed by atoms with E-state index < -0.39 is 0 Å². The molecule has 2 rings (SSSR count). The lowest BCUT2D eigenvalue weighted by Gasteiger charge is -2.17. The zero-order valence-corrected chi connectivity index (χ0v) is 12.2. The van der Waals surface area contributed by atoms with Gasteiger partial charge in [0.2, 0.25) is 0 Å². The quantitative estimate of drug-likeness (QED) is 0.825. The summed E-state index contributed by atoms with van der Waals surface area (Å²) in [7, 11) is 0. The van der Waals surface area contributed by atoms with Crippen LogP contribution >= 0.6 is 0 Å². The molecule has 0 aliphatic heterocycles. The molecule has 0 aliphatic carbocycles. The molecule has 1 aromatic carbocycles. The number of aryl methyl sites for hydroxylation is 2. The predicted molar refractivity (Wildman–Crippen MR) is 81.2 cm³/mol.